The Labute approximate surface area is 153 Å². The molecule has 0 spiro atoms. The average Bonchev–Trinajstić information content (AvgIpc) is 2.67. The number of ether oxygens (including phenoxy) is 3. The summed E-state index contributed by atoms with van der Waals surface area (Å²) in [5.41, 5.74) is 7.54. The Morgan fingerprint density at radius 1 is 0.962 bits per heavy atom. The number of anilines is 2. The van der Waals surface area contributed by atoms with Crippen LogP contribution in [0.15, 0.2) is 18.3 Å². The minimum absolute atomic E-state index is 0.428. The van der Waals surface area contributed by atoms with Crippen molar-refractivity contribution in [1.29, 1.82) is 0 Å². The molecule has 1 aliphatic rings. The van der Waals surface area contributed by atoms with E-state index in [1.165, 1.54) is 0 Å². The lowest BCUT2D eigenvalue weighted by atomic mass is 10.1. The third kappa shape index (κ3) is 3.32. The molecule has 1 saturated heterocycles. The summed E-state index contributed by atoms with van der Waals surface area (Å²) in [5, 5.41) is 0. The topological polar surface area (TPSA) is 86.0 Å². The van der Waals surface area contributed by atoms with E-state index in [2.05, 4.69) is 21.8 Å². The van der Waals surface area contributed by atoms with Crippen molar-refractivity contribution >= 4 is 11.6 Å². The SMILES string of the molecule is COc1ccc(-c2cnc(N)c(N3CCN(C)CC3)n2)c(OC)c1OC. The molecule has 0 atom stereocenters. The molecule has 1 fully saturated rings. The molecule has 1 aliphatic heterocycles. The fourth-order valence-electron chi connectivity index (χ4n) is 3.07. The maximum absolute atomic E-state index is 6.10. The molecule has 140 valence electrons. The molecule has 0 amide bonds. The molecule has 1 aromatic carbocycles. The molecule has 3 rings (SSSR count). The van der Waals surface area contributed by atoms with Gasteiger partial charge in [0.1, 0.15) is 0 Å². The Balaban J connectivity index is 2.04. The number of nitrogens with zero attached hydrogens (tertiary/aromatic N) is 4. The first-order valence-electron chi connectivity index (χ1n) is 8.44. The zero-order chi connectivity index (χ0) is 18.7. The highest BCUT2D eigenvalue weighted by Crippen LogP contribution is 2.44. The molecule has 2 heterocycles. The number of hydrogen-bond donors (Lipinski definition) is 1. The smallest absolute Gasteiger partial charge is 0.203 e. The Bertz CT molecular complexity index is 776. The van der Waals surface area contributed by atoms with Gasteiger partial charge in [-0.25, -0.2) is 9.97 Å². The van der Waals surface area contributed by atoms with Gasteiger partial charge in [0.15, 0.2) is 23.1 Å². The molecule has 0 aliphatic carbocycles. The molecule has 8 heteroatoms. The van der Waals surface area contributed by atoms with Crippen molar-refractivity contribution in [2.24, 2.45) is 0 Å². The zero-order valence-corrected chi connectivity index (χ0v) is 15.7. The molecule has 8 nitrogen and oxygen atoms in total. The molecule has 0 saturated carbocycles. The van der Waals surface area contributed by atoms with E-state index in [0.717, 1.165) is 31.7 Å². The third-order valence-corrected chi connectivity index (χ3v) is 4.56. The van der Waals surface area contributed by atoms with Gasteiger partial charge in [-0.3, -0.25) is 0 Å². The fraction of sp³-hybridized carbons (Fsp3) is 0.444. The van der Waals surface area contributed by atoms with Crippen LogP contribution in [0.25, 0.3) is 11.3 Å². The highest BCUT2D eigenvalue weighted by molar-refractivity contribution is 5.75. The number of hydrogen-bond acceptors (Lipinski definition) is 8. The van der Waals surface area contributed by atoms with Gasteiger partial charge < -0.3 is 29.7 Å². The number of likely N-dealkylation sites (N-methyl/N-ethyl adjacent to an activating group) is 1. The molecular formula is C18H25N5O3. The average molecular weight is 359 g/mol. The number of nitrogen functional groups attached to an aromatic ring is 1. The normalized spacial score (nSPS) is 15.0. The van der Waals surface area contributed by atoms with Crippen molar-refractivity contribution in [1.82, 2.24) is 14.9 Å². The van der Waals surface area contributed by atoms with Gasteiger partial charge in [0.2, 0.25) is 5.75 Å². The molecule has 26 heavy (non-hydrogen) atoms. The summed E-state index contributed by atoms with van der Waals surface area (Å²) in [6.07, 6.45) is 1.65. The molecule has 2 aromatic rings. The summed E-state index contributed by atoms with van der Waals surface area (Å²) in [4.78, 5) is 13.6. The second-order valence-corrected chi connectivity index (χ2v) is 6.14. The van der Waals surface area contributed by atoms with Crippen molar-refractivity contribution in [2.45, 2.75) is 0 Å². The highest BCUT2D eigenvalue weighted by atomic mass is 16.5. The lowest BCUT2D eigenvalue weighted by molar-refractivity contribution is 0.312. The Morgan fingerprint density at radius 2 is 1.65 bits per heavy atom. The Kier molecular flexibility index (Phi) is 5.32. The van der Waals surface area contributed by atoms with Crippen LogP contribution in [0.5, 0.6) is 17.2 Å². The summed E-state index contributed by atoms with van der Waals surface area (Å²) in [7, 11) is 6.87. The molecular weight excluding hydrogens is 334 g/mol. The predicted octanol–water partition coefficient (Wildman–Crippen LogP) is 1.50. The lowest BCUT2D eigenvalue weighted by Gasteiger charge is -2.33. The van der Waals surface area contributed by atoms with Crippen LogP contribution >= 0.6 is 0 Å². The van der Waals surface area contributed by atoms with Crippen LogP contribution in [0, 0.1) is 0 Å². The standard InChI is InChI=1S/C18H25N5O3/c1-22-7-9-23(10-8-22)18-17(19)20-11-13(21-18)12-5-6-14(24-2)16(26-4)15(12)25-3/h5-6,11H,7-10H2,1-4H3,(H2,19,20). The van der Waals surface area contributed by atoms with E-state index in [1.54, 1.807) is 27.5 Å². The van der Waals surface area contributed by atoms with Crippen LogP contribution in [0.3, 0.4) is 0 Å². The van der Waals surface area contributed by atoms with Gasteiger partial charge in [0.25, 0.3) is 0 Å². The predicted molar refractivity (Wildman–Crippen MR) is 101 cm³/mol. The van der Waals surface area contributed by atoms with E-state index in [1.807, 2.05) is 12.1 Å². The molecule has 0 bridgehead atoms. The highest BCUT2D eigenvalue weighted by Gasteiger charge is 2.22. The number of rotatable bonds is 5. The van der Waals surface area contributed by atoms with Crippen molar-refractivity contribution in [2.75, 3.05) is 65.2 Å². The van der Waals surface area contributed by atoms with Crippen LogP contribution in [0.2, 0.25) is 0 Å². The van der Waals surface area contributed by atoms with E-state index in [-0.39, 0.29) is 0 Å². The number of piperazine rings is 1. The zero-order valence-electron chi connectivity index (χ0n) is 15.7. The van der Waals surface area contributed by atoms with E-state index in [4.69, 9.17) is 24.9 Å². The van der Waals surface area contributed by atoms with E-state index >= 15 is 0 Å². The number of nitrogens with two attached hydrogens (primary N) is 1. The maximum Gasteiger partial charge on any atom is 0.203 e. The van der Waals surface area contributed by atoms with Gasteiger partial charge in [0, 0.05) is 31.7 Å². The largest absolute Gasteiger partial charge is 0.493 e. The van der Waals surface area contributed by atoms with Gasteiger partial charge in [-0.15, -0.1) is 0 Å². The number of aromatic nitrogens is 2. The summed E-state index contributed by atoms with van der Waals surface area (Å²) < 4.78 is 16.4. The van der Waals surface area contributed by atoms with Gasteiger partial charge in [-0.05, 0) is 19.2 Å². The first-order chi connectivity index (χ1) is 12.6. The number of benzene rings is 1. The Hall–Kier alpha value is -2.74. The second kappa shape index (κ2) is 7.65. The van der Waals surface area contributed by atoms with Gasteiger partial charge in [0.05, 0.1) is 33.2 Å². The minimum Gasteiger partial charge on any atom is -0.493 e. The summed E-state index contributed by atoms with van der Waals surface area (Å²) in [6.45, 7) is 3.65. The van der Waals surface area contributed by atoms with E-state index in [9.17, 15) is 0 Å². The first-order valence-corrected chi connectivity index (χ1v) is 8.44. The van der Waals surface area contributed by atoms with Crippen LogP contribution in [-0.2, 0) is 0 Å². The first kappa shape index (κ1) is 18.1. The van der Waals surface area contributed by atoms with E-state index in [0.29, 0.717) is 34.6 Å². The number of methoxy groups -OCH3 is 3. The van der Waals surface area contributed by atoms with Crippen molar-refractivity contribution in [3.05, 3.63) is 18.3 Å². The summed E-state index contributed by atoms with van der Waals surface area (Å²) in [5.74, 6) is 2.79. The van der Waals surface area contributed by atoms with Gasteiger partial charge >= 0.3 is 0 Å². The van der Waals surface area contributed by atoms with Crippen molar-refractivity contribution < 1.29 is 14.2 Å². The second-order valence-electron chi connectivity index (χ2n) is 6.14. The Morgan fingerprint density at radius 3 is 2.27 bits per heavy atom. The van der Waals surface area contributed by atoms with E-state index < -0.39 is 0 Å². The molecule has 1 aromatic heterocycles. The van der Waals surface area contributed by atoms with Crippen LogP contribution in [0.4, 0.5) is 11.6 Å². The van der Waals surface area contributed by atoms with Crippen molar-refractivity contribution in [3.63, 3.8) is 0 Å². The van der Waals surface area contributed by atoms with Crippen LogP contribution < -0.4 is 24.8 Å². The lowest BCUT2D eigenvalue weighted by Crippen LogP contribution is -2.45. The van der Waals surface area contributed by atoms with Gasteiger partial charge in [-0.1, -0.05) is 0 Å². The molecule has 2 N–H and O–H groups in total. The quantitative estimate of drug-likeness (QED) is 0.860. The van der Waals surface area contributed by atoms with Crippen molar-refractivity contribution in [3.8, 4) is 28.5 Å². The monoisotopic (exact) mass is 359 g/mol. The van der Waals surface area contributed by atoms with Crippen LogP contribution in [0.1, 0.15) is 0 Å². The molecule has 0 unspecified atom stereocenters. The van der Waals surface area contributed by atoms with Gasteiger partial charge in [-0.2, -0.15) is 0 Å². The summed E-state index contributed by atoms with van der Waals surface area (Å²) >= 11 is 0. The minimum atomic E-state index is 0.428. The maximum atomic E-state index is 6.10. The summed E-state index contributed by atoms with van der Waals surface area (Å²) in [6, 6.07) is 3.71. The fourth-order valence-corrected chi connectivity index (χ4v) is 3.07. The third-order valence-electron chi connectivity index (χ3n) is 4.56. The molecule has 0 radical (unpaired) electrons. The van der Waals surface area contributed by atoms with Crippen LogP contribution in [-0.4, -0.2) is 69.4 Å².